The lowest BCUT2D eigenvalue weighted by Gasteiger charge is -1.69. The molecule has 0 atom stereocenters. The van der Waals surface area contributed by atoms with Crippen molar-refractivity contribution in [3.05, 3.63) is 59.4 Å². The first-order valence-electron chi connectivity index (χ1n) is 3.52. The minimum Gasteiger partial charge on any atom is -0.417 e. The lowest BCUT2D eigenvalue weighted by atomic mass is 10.4. The normalized spacial score (nSPS) is 7.69. The van der Waals surface area contributed by atoms with Gasteiger partial charge >= 0.3 is 5.76 Å². The van der Waals surface area contributed by atoms with Crippen molar-refractivity contribution in [2.75, 3.05) is 0 Å². The summed E-state index contributed by atoms with van der Waals surface area (Å²) in [7, 11) is 0. The van der Waals surface area contributed by atoms with Crippen molar-refractivity contribution in [1.29, 1.82) is 0 Å². The Hall–Kier alpha value is -1.42. The van der Waals surface area contributed by atoms with Crippen molar-refractivity contribution in [2.24, 2.45) is 0 Å². The minimum atomic E-state index is -0.407. The first-order chi connectivity index (χ1) is 5.89. The van der Waals surface area contributed by atoms with Gasteiger partial charge < -0.3 is 4.42 Å². The zero-order valence-corrected chi connectivity index (χ0v) is 7.94. The Bertz CT molecular complexity index is 298. The summed E-state index contributed by atoms with van der Waals surface area (Å²) in [5.41, 5.74) is 0. The quantitative estimate of drug-likeness (QED) is 0.699. The van der Waals surface area contributed by atoms with Crippen molar-refractivity contribution in [3.8, 4) is 0 Å². The molecule has 13 heavy (non-hydrogen) atoms. The van der Waals surface area contributed by atoms with E-state index in [0.717, 1.165) is 0 Å². The number of benzene rings is 1. The van der Waals surface area contributed by atoms with E-state index in [1.54, 1.807) is 0 Å². The maximum atomic E-state index is 9.85. The summed E-state index contributed by atoms with van der Waals surface area (Å²) < 4.78 is 4.22. The number of oxazole rings is 1. The van der Waals surface area contributed by atoms with E-state index in [1.165, 1.54) is 12.5 Å². The molecule has 0 unspecified atom stereocenters. The average molecular weight is 197 g/mol. The molecule has 2 rings (SSSR count). The molecule has 0 aliphatic heterocycles. The van der Waals surface area contributed by atoms with Crippen LogP contribution in [0.3, 0.4) is 0 Å². The molecular weight excluding hydrogens is 186 g/mol. The van der Waals surface area contributed by atoms with Gasteiger partial charge in [-0.1, -0.05) is 36.4 Å². The summed E-state index contributed by atoms with van der Waals surface area (Å²) >= 11 is 0. The number of hydrogen-bond donors (Lipinski definition) is 1. The fourth-order valence-electron chi connectivity index (χ4n) is 0.617. The Balaban J connectivity index is 0.000000206. The molecule has 0 aliphatic rings. The number of nitrogens with one attached hydrogen (secondary N) is 1. The summed E-state index contributed by atoms with van der Waals surface area (Å²) in [5, 5.41) is 0. The van der Waals surface area contributed by atoms with Crippen LogP contribution in [-0.2, 0) is 0 Å². The summed E-state index contributed by atoms with van der Waals surface area (Å²) in [6, 6.07) is 12.0. The molecule has 0 bridgehead atoms. The van der Waals surface area contributed by atoms with Gasteiger partial charge in [-0.3, -0.25) is 4.98 Å². The second-order valence-electron chi connectivity index (χ2n) is 2.01. The van der Waals surface area contributed by atoms with Crippen molar-refractivity contribution >= 4 is 13.5 Å². The van der Waals surface area contributed by atoms with Crippen LogP contribution in [0.2, 0.25) is 0 Å². The van der Waals surface area contributed by atoms with Gasteiger partial charge in [0.25, 0.3) is 0 Å². The van der Waals surface area contributed by atoms with Crippen LogP contribution < -0.4 is 5.76 Å². The number of rotatable bonds is 0. The first kappa shape index (κ1) is 11.6. The van der Waals surface area contributed by atoms with Crippen molar-refractivity contribution in [2.45, 2.75) is 0 Å². The monoisotopic (exact) mass is 197 g/mol. The summed E-state index contributed by atoms with van der Waals surface area (Å²) in [4.78, 5) is 12.1. The first-order valence-corrected chi connectivity index (χ1v) is 3.52. The molecule has 0 fully saturated rings. The highest BCUT2D eigenvalue weighted by molar-refractivity contribution is 7.59. The van der Waals surface area contributed by atoms with E-state index in [9.17, 15) is 4.79 Å². The van der Waals surface area contributed by atoms with Crippen LogP contribution in [0.4, 0.5) is 0 Å². The number of hydrogen-bond acceptors (Lipinski definition) is 2. The highest BCUT2D eigenvalue weighted by atomic mass is 32.1. The van der Waals surface area contributed by atoms with Crippen molar-refractivity contribution in [1.82, 2.24) is 4.98 Å². The van der Waals surface area contributed by atoms with E-state index in [-0.39, 0.29) is 13.5 Å². The van der Waals surface area contributed by atoms with Gasteiger partial charge in [0.1, 0.15) is 6.26 Å². The Morgan fingerprint density at radius 1 is 1.00 bits per heavy atom. The molecule has 4 heteroatoms. The van der Waals surface area contributed by atoms with E-state index in [4.69, 9.17) is 0 Å². The molecule has 1 heterocycles. The molecule has 1 aromatic heterocycles. The van der Waals surface area contributed by atoms with Crippen LogP contribution in [0.15, 0.2) is 58.1 Å². The van der Waals surface area contributed by atoms with E-state index in [1.807, 2.05) is 36.4 Å². The van der Waals surface area contributed by atoms with Gasteiger partial charge in [0, 0.05) is 6.20 Å². The molecule has 3 nitrogen and oxygen atoms in total. The smallest absolute Gasteiger partial charge is 0.416 e. The highest BCUT2D eigenvalue weighted by Gasteiger charge is 1.72. The predicted molar refractivity (Wildman–Crippen MR) is 56.2 cm³/mol. The topological polar surface area (TPSA) is 46.0 Å². The third kappa shape index (κ3) is 5.81. The summed E-state index contributed by atoms with van der Waals surface area (Å²) in [5.74, 6) is -0.407. The molecule has 0 radical (unpaired) electrons. The van der Waals surface area contributed by atoms with Crippen LogP contribution in [0.25, 0.3) is 0 Å². The number of aromatic nitrogens is 1. The predicted octanol–water partition coefficient (Wildman–Crippen LogP) is 1.77. The fraction of sp³-hybridized carbons (Fsp3) is 0. The Morgan fingerprint density at radius 3 is 1.62 bits per heavy atom. The third-order valence-electron chi connectivity index (χ3n) is 1.11. The Kier molecular flexibility index (Phi) is 6.45. The van der Waals surface area contributed by atoms with Crippen LogP contribution in [0, 0.1) is 0 Å². The van der Waals surface area contributed by atoms with Crippen LogP contribution in [0.5, 0.6) is 0 Å². The van der Waals surface area contributed by atoms with E-state index in [2.05, 4.69) is 9.40 Å². The van der Waals surface area contributed by atoms with E-state index < -0.39 is 5.76 Å². The van der Waals surface area contributed by atoms with Crippen LogP contribution >= 0.6 is 13.5 Å². The largest absolute Gasteiger partial charge is 0.417 e. The Morgan fingerprint density at radius 2 is 1.46 bits per heavy atom. The minimum absolute atomic E-state index is 0. The molecule has 0 spiro atoms. The maximum absolute atomic E-state index is 9.85. The number of H-pyrrole nitrogens is 1. The third-order valence-corrected chi connectivity index (χ3v) is 1.11. The van der Waals surface area contributed by atoms with Gasteiger partial charge in [0.05, 0.1) is 0 Å². The van der Waals surface area contributed by atoms with Gasteiger partial charge in [0.15, 0.2) is 0 Å². The summed E-state index contributed by atoms with van der Waals surface area (Å²) in [6.07, 6.45) is 2.73. The molecule has 0 aliphatic carbocycles. The van der Waals surface area contributed by atoms with E-state index >= 15 is 0 Å². The van der Waals surface area contributed by atoms with Gasteiger partial charge in [-0.15, -0.1) is 0 Å². The molecule has 0 saturated heterocycles. The fourth-order valence-corrected chi connectivity index (χ4v) is 0.617. The molecule has 0 amide bonds. The molecule has 70 valence electrons. The van der Waals surface area contributed by atoms with Gasteiger partial charge in [-0.05, 0) is 0 Å². The SMILES string of the molecule is O=c1[nH]cco1.S.c1ccccc1. The second-order valence-corrected chi connectivity index (χ2v) is 2.01. The molecular formula is C9H11NO2S. The molecule has 1 aromatic carbocycles. The van der Waals surface area contributed by atoms with Gasteiger partial charge in [0.2, 0.25) is 0 Å². The Labute approximate surface area is 82.9 Å². The standard InChI is InChI=1S/C6H6.C3H3NO2.H2S/c1-2-4-6-5-3-1;5-3-4-1-2-6-3;/h1-6H;1-2H,(H,4,5);1H2. The van der Waals surface area contributed by atoms with Gasteiger partial charge in [-0.2, -0.15) is 13.5 Å². The lowest BCUT2D eigenvalue weighted by Crippen LogP contribution is -1.91. The zero-order valence-electron chi connectivity index (χ0n) is 6.94. The van der Waals surface area contributed by atoms with Gasteiger partial charge in [-0.25, -0.2) is 4.79 Å². The molecule has 0 saturated carbocycles. The maximum Gasteiger partial charge on any atom is 0.416 e. The second kappa shape index (κ2) is 7.24. The zero-order chi connectivity index (χ0) is 8.65. The van der Waals surface area contributed by atoms with Crippen LogP contribution in [0.1, 0.15) is 0 Å². The van der Waals surface area contributed by atoms with Crippen molar-refractivity contribution in [3.63, 3.8) is 0 Å². The number of aromatic amines is 1. The van der Waals surface area contributed by atoms with Crippen molar-refractivity contribution < 1.29 is 4.42 Å². The van der Waals surface area contributed by atoms with E-state index in [0.29, 0.717) is 0 Å². The molecule has 1 N–H and O–H groups in total. The summed E-state index contributed by atoms with van der Waals surface area (Å²) in [6.45, 7) is 0. The highest BCUT2D eigenvalue weighted by Crippen LogP contribution is 1.79. The average Bonchev–Trinajstić information content (AvgIpc) is 2.60. The lowest BCUT2D eigenvalue weighted by molar-refractivity contribution is 0.515. The van der Waals surface area contributed by atoms with Crippen LogP contribution in [-0.4, -0.2) is 4.98 Å². The molecule has 2 aromatic rings.